The minimum absolute atomic E-state index is 0.174. The van der Waals surface area contributed by atoms with E-state index < -0.39 is 29.7 Å². The first-order valence-corrected chi connectivity index (χ1v) is 37.7. The molecule has 4 atom stereocenters. The summed E-state index contributed by atoms with van der Waals surface area (Å²) in [4.78, 5) is 22.3. The van der Waals surface area contributed by atoms with Gasteiger partial charge < -0.3 is 63.0 Å². The van der Waals surface area contributed by atoms with Crippen molar-refractivity contribution >= 4 is 78.4 Å². The third-order valence-electron chi connectivity index (χ3n) is 21.4. The number of hydrogen-bond acceptors (Lipinski definition) is 12. The number of rotatable bonds is 15. The van der Waals surface area contributed by atoms with Crippen LogP contribution in [0.3, 0.4) is 0 Å². The van der Waals surface area contributed by atoms with Crippen molar-refractivity contribution in [2.75, 3.05) is 61.5 Å². The maximum Gasteiger partial charge on any atom is 0.165 e. The first-order chi connectivity index (χ1) is 50.4. The molecule has 7 aromatic heterocycles. The second-order valence-corrected chi connectivity index (χ2v) is 31.0. The predicted molar refractivity (Wildman–Crippen MR) is 421 cm³/mol. The summed E-state index contributed by atoms with van der Waals surface area (Å²) in [6, 6.07) is 37.3. The van der Waals surface area contributed by atoms with Crippen LogP contribution in [-0.2, 0) is 90.1 Å². The Labute approximate surface area is 630 Å². The van der Waals surface area contributed by atoms with Crippen LogP contribution in [0.2, 0.25) is 15.1 Å². The van der Waals surface area contributed by atoms with Gasteiger partial charge in [0.2, 0.25) is 0 Å². The number of aliphatic hydroxyl groups excluding tert-OH is 3. The molecular weight excluding hydrogens is 1380 g/mol. The summed E-state index contributed by atoms with van der Waals surface area (Å²) in [5, 5.41) is 50.8. The molecule has 550 valence electrons. The number of aryl methyl sites for hydroxylation is 4. The van der Waals surface area contributed by atoms with Gasteiger partial charge in [-0.2, -0.15) is 0 Å². The van der Waals surface area contributed by atoms with Gasteiger partial charge in [0, 0.05) is 213 Å². The summed E-state index contributed by atoms with van der Waals surface area (Å²) < 4.78 is 28.0. The van der Waals surface area contributed by atoms with Crippen LogP contribution in [-0.4, -0.2) is 135 Å². The number of ether oxygens (including phenoxy) is 1. The van der Waals surface area contributed by atoms with Crippen molar-refractivity contribution in [2.24, 2.45) is 0 Å². The number of likely N-dealkylation sites (N-methyl/N-ethyl adjacent to an activating group) is 4. The van der Waals surface area contributed by atoms with Gasteiger partial charge in [-0.1, -0.05) is 84.0 Å². The average molecular weight is 1480 g/mol. The van der Waals surface area contributed by atoms with Gasteiger partial charge in [0.05, 0.1) is 51.6 Å². The van der Waals surface area contributed by atoms with Gasteiger partial charge in [-0.15, -0.1) is 0 Å². The number of pyridine rings is 3. The fourth-order valence-electron chi connectivity index (χ4n) is 16.0. The Hall–Kier alpha value is -8.01. The van der Waals surface area contributed by atoms with Crippen molar-refractivity contribution in [1.82, 2.24) is 52.8 Å². The summed E-state index contributed by atoms with van der Waals surface area (Å²) in [6.07, 6.45) is 13.0. The molecule has 0 saturated carbocycles. The van der Waals surface area contributed by atoms with Gasteiger partial charge in [-0.3, -0.25) is 15.0 Å². The van der Waals surface area contributed by atoms with Gasteiger partial charge in [0.15, 0.2) is 11.6 Å². The monoisotopic (exact) mass is 1480 g/mol. The number of aromatic nitrogens is 7. The molecule has 20 heteroatoms. The second kappa shape index (κ2) is 32.2. The Kier molecular flexibility index (Phi) is 23.1. The van der Waals surface area contributed by atoms with E-state index in [1.54, 1.807) is 30.7 Å². The number of aliphatic hydroxyl groups is 4. The zero-order valence-electron chi connectivity index (χ0n) is 61.9. The second-order valence-electron chi connectivity index (χ2n) is 29.7. The van der Waals surface area contributed by atoms with Crippen molar-refractivity contribution in [3.8, 4) is 5.75 Å². The van der Waals surface area contributed by atoms with Crippen molar-refractivity contribution in [1.29, 1.82) is 0 Å². The molecule has 16 nitrogen and oxygen atoms in total. The number of fused-ring (bicyclic) bond motifs is 12. The zero-order valence-corrected chi connectivity index (χ0v) is 64.2. The molecule has 0 aliphatic carbocycles. The molecule has 0 spiro atoms. The first-order valence-electron chi connectivity index (χ1n) is 36.5. The molecule has 4 N–H and O–H groups in total. The third kappa shape index (κ3) is 16.5. The highest BCUT2D eigenvalue weighted by atomic mass is 35.5. The molecule has 4 aliphatic rings. The predicted octanol–water partition coefficient (Wildman–Crippen LogP) is 15.8. The van der Waals surface area contributed by atoms with Crippen LogP contribution in [0, 0.1) is 26.6 Å². The van der Waals surface area contributed by atoms with E-state index in [2.05, 4.69) is 131 Å². The number of methoxy groups -OCH3 is 1. The van der Waals surface area contributed by atoms with Crippen LogP contribution < -0.4 is 4.74 Å². The average Bonchev–Trinajstić information content (AvgIpc) is 1.63. The molecule has 105 heavy (non-hydrogen) atoms. The maximum absolute atomic E-state index is 14.0. The topological polar surface area (TPSA) is 162 Å². The highest BCUT2D eigenvalue weighted by Gasteiger charge is 2.32. The number of nitrogens with zero attached hydrogens (tertiary/aromatic N) is 11. The normalized spacial score (nSPS) is 16.2. The van der Waals surface area contributed by atoms with E-state index >= 15 is 0 Å². The summed E-state index contributed by atoms with van der Waals surface area (Å²) in [5.74, 6) is -0.297. The van der Waals surface area contributed by atoms with Crippen LogP contribution in [0.25, 0.3) is 43.6 Å². The Morgan fingerprint density at radius 3 is 1.27 bits per heavy atom. The lowest BCUT2D eigenvalue weighted by atomic mass is 9.96. The molecule has 0 fully saturated rings. The lowest BCUT2D eigenvalue weighted by Crippen LogP contribution is -2.31. The van der Waals surface area contributed by atoms with Crippen molar-refractivity contribution in [2.45, 2.75) is 149 Å². The highest BCUT2D eigenvalue weighted by Crippen LogP contribution is 2.40. The minimum Gasteiger partial charge on any atom is -0.494 e. The number of halogens is 4. The third-order valence-corrected chi connectivity index (χ3v) is 22.1. The Morgan fingerprint density at radius 2 is 0.876 bits per heavy atom. The van der Waals surface area contributed by atoms with Crippen LogP contribution in [0.5, 0.6) is 5.75 Å². The van der Waals surface area contributed by atoms with Crippen LogP contribution in [0.15, 0.2) is 146 Å². The van der Waals surface area contributed by atoms with E-state index in [4.69, 9.17) is 39.5 Å². The van der Waals surface area contributed by atoms with Crippen LogP contribution >= 0.6 is 34.8 Å². The summed E-state index contributed by atoms with van der Waals surface area (Å²) in [6.45, 7) is 19.9. The van der Waals surface area contributed by atoms with E-state index in [-0.39, 0.29) is 5.75 Å². The Balaban J connectivity index is 0.000000124. The SMILES string of the molecule is CCCc1ccc(C(C)(O)Cn2c3c(c4cc(Cl)ccc42)CN(C)CC3)cn1.COc1ccc(C(O)Cn2c3c(c4cc(Cl)ccc42)CN(C)CC3)cc1F.Cc1cncc(C(O)Cn2c3c(c4cc(C)ccc42)CN(C)CC3)c1.Cc1cncc(C(O)Cn2c3c(c4cc(Cl)ccc42)CN(C)CC3)c1. The molecule has 0 radical (unpaired) electrons. The maximum atomic E-state index is 14.0. The van der Waals surface area contributed by atoms with Gasteiger partial charge in [0.25, 0.3) is 0 Å². The lowest BCUT2D eigenvalue weighted by molar-refractivity contribution is 0.0381. The lowest BCUT2D eigenvalue weighted by Gasteiger charge is -2.28. The minimum atomic E-state index is -1.000. The largest absolute Gasteiger partial charge is 0.494 e. The number of benzene rings is 5. The molecule has 0 amide bonds. The van der Waals surface area contributed by atoms with E-state index in [1.807, 2.05) is 93.8 Å². The van der Waals surface area contributed by atoms with Gasteiger partial charge in [-0.05, 0) is 186 Å². The Bertz CT molecular complexity index is 4970. The molecular formula is C85H97Cl3FN11O5. The van der Waals surface area contributed by atoms with Crippen LogP contribution in [0.4, 0.5) is 4.39 Å². The van der Waals surface area contributed by atoms with Gasteiger partial charge in [-0.25, -0.2) is 4.39 Å². The summed E-state index contributed by atoms with van der Waals surface area (Å²) in [5.41, 5.74) is 21.7. The van der Waals surface area contributed by atoms with Crippen molar-refractivity contribution < 1.29 is 29.6 Å². The highest BCUT2D eigenvalue weighted by molar-refractivity contribution is 6.32. The zero-order chi connectivity index (χ0) is 74.1. The van der Waals surface area contributed by atoms with E-state index in [0.29, 0.717) is 36.8 Å². The molecule has 16 rings (SSSR count). The molecule has 4 aliphatic heterocycles. The summed E-state index contributed by atoms with van der Waals surface area (Å²) in [7, 11) is 10.00. The Morgan fingerprint density at radius 1 is 0.476 bits per heavy atom. The molecule has 4 unspecified atom stereocenters. The molecule has 5 aromatic carbocycles. The quantitative estimate of drug-likeness (QED) is 0.0770. The van der Waals surface area contributed by atoms with E-state index in [1.165, 1.54) is 85.4 Å². The molecule has 11 heterocycles. The van der Waals surface area contributed by atoms with Crippen molar-refractivity contribution in [3.05, 3.63) is 257 Å². The smallest absolute Gasteiger partial charge is 0.165 e. The van der Waals surface area contributed by atoms with Crippen LogP contribution in [0.1, 0.15) is 128 Å². The first kappa shape index (κ1) is 75.2. The fourth-order valence-corrected chi connectivity index (χ4v) is 16.5. The van der Waals surface area contributed by atoms with E-state index in [9.17, 15) is 24.8 Å². The fraction of sp³-hybridized carbons (Fsp3) is 0.376. The standard InChI is InChI=1S/C23H28ClN3O.C21H22ClFN2O2.C21H25N3O.C20H22ClN3O/c1-4-5-18-8-6-16(13-25-18)23(2,28)15-27-21-9-7-17(24)12-19(21)20-14-26(3)11-10-22(20)27;1-24-8-7-19-16(11-24)15-10-14(22)4-5-18(15)25(19)12-20(26)13-3-6-21(27-2)17(23)9-13;1-14-4-5-19-17(9-14)18-12-23(3)7-6-20(18)24(19)13-21(25)16-8-15(2)10-22-11-16;1-13-7-14(10-22-9-13)20(25)12-24-18-4-3-15(21)8-16(18)17-11-23(2)6-5-19(17)24/h6-9,12-13,28H,4-5,10-11,14-15H2,1-3H3;3-6,9-10,20,26H,7-8,11-12H2,1-2H3;4-5,8-11,21,25H,6-7,12-13H2,1-3H3;3-4,7-10,20,25H,5-6,11-12H2,1-2H3. The van der Waals surface area contributed by atoms with Crippen molar-refractivity contribution in [3.63, 3.8) is 0 Å². The molecule has 0 bridgehead atoms. The number of hydrogen-bond donors (Lipinski definition) is 4. The van der Waals surface area contributed by atoms with Gasteiger partial charge >= 0.3 is 0 Å². The van der Waals surface area contributed by atoms with E-state index in [0.717, 1.165) is 156 Å². The molecule has 12 aromatic rings. The summed E-state index contributed by atoms with van der Waals surface area (Å²) >= 11 is 18.8. The molecule has 0 saturated heterocycles. The van der Waals surface area contributed by atoms with Gasteiger partial charge in [0.1, 0.15) is 5.60 Å².